The first-order valence-electron chi connectivity index (χ1n) is 6.27. The molecule has 0 aliphatic heterocycles. The number of amidine groups is 1. The highest BCUT2D eigenvalue weighted by molar-refractivity contribution is 5.96. The number of nitrogens with one attached hydrogen (secondary N) is 1. The molecule has 0 unspecified atom stereocenters. The highest BCUT2D eigenvalue weighted by Gasteiger charge is 2.15. The first kappa shape index (κ1) is 12.1. The van der Waals surface area contributed by atoms with Crippen LogP contribution in [0, 0.1) is 11.3 Å². The van der Waals surface area contributed by atoms with Crippen molar-refractivity contribution in [3.05, 3.63) is 35.4 Å². The Morgan fingerprint density at radius 2 is 2.00 bits per heavy atom. The lowest BCUT2D eigenvalue weighted by atomic mass is 10.1. The molecule has 0 aromatic heterocycles. The summed E-state index contributed by atoms with van der Waals surface area (Å²) in [5, 5.41) is 7.50. The van der Waals surface area contributed by atoms with E-state index < -0.39 is 0 Å². The van der Waals surface area contributed by atoms with Gasteiger partial charge in [-0.3, -0.25) is 5.41 Å². The van der Waals surface area contributed by atoms with Gasteiger partial charge in [-0.1, -0.05) is 37.1 Å². The van der Waals surface area contributed by atoms with E-state index in [9.17, 15) is 0 Å². The Kier molecular flexibility index (Phi) is 4.15. The Bertz CT molecular complexity index is 384. The molecule has 0 bridgehead atoms. The average Bonchev–Trinajstić information content (AvgIpc) is 2.82. The molecule has 0 spiro atoms. The molecule has 0 radical (unpaired) electrons. The summed E-state index contributed by atoms with van der Waals surface area (Å²) >= 11 is 0. The Morgan fingerprint density at radius 3 is 2.71 bits per heavy atom. The van der Waals surface area contributed by atoms with Gasteiger partial charge in [0.25, 0.3) is 0 Å². The van der Waals surface area contributed by atoms with Gasteiger partial charge in [-0.2, -0.15) is 0 Å². The molecule has 0 heterocycles. The van der Waals surface area contributed by atoms with Crippen LogP contribution in [0.2, 0.25) is 0 Å². The van der Waals surface area contributed by atoms with Crippen molar-refractivity contribution in [1.29, 1.82) is 5.41 Å². The van der Waals surface area contributed by atoms with E-state index in [4.69, 9.17) is 15.9 Å². The zero-order chi connectivity index (χ0) is 12.1. The van der Waals surface area contributed by atoms with Gasteiger partial charge in [-0.05, 0) is 24.3 Å². The van der Waals surface area contributed by atoms with E-state index >= 15 is 0 Å². The number of hydrogen-bond acceptors (Lipinski definition) is 2. The van der Waals surface area contributed by atoms with Gasteiger partial charge < -0.3 is 10.5 Å². The predicted octanol–water partition coefficient (Wildman–Crippen LogP) is 2.68. The molecule has 3 N–H and O–H groups in total. The summed E-state index contributed by atoms with van der Waals surface area (Å²) in [6.07, 6.45) is 5.29. The molecular formula is C14H20N2O. The summed E-state index contributed by atoms with van der Waals surface area (Å²) in [5.41, 5.74) is 7.34. The summed E-state index contributed by atoms with van der Waals surface area (Å²) in [4.78, 5) is 0. The Morgan fingerprint density at radius 1 is 1.29 bits per heavy atom. The maximum atomic E-state index is 7.50. The van der Waals surface area contributed by atoms with Crippen molar-refractivity contribution in [1.82, 2.24) is 0 Å². The fourth-order valence-electron chi connectivity index (χ4n) is 2.42. The van der Waals surface area contributed by atoms with Crippen LogP contribution < -0.4 is 5.73 Å². The van der Waals surface area contributed by atoms with Crippen LogP contribution in [0.1, 0.15) is 36.8 Å². The van der Waals surface area contributed by atoms with E-state index in [1.165, 1.54) is 25.7 Å². The third kappa shape index (κ3) is 3.30. The van der Waals surface area contributed by atoms with Crippen molar-refractivity contribution in [3.8, 4) is 0 Å². The molecule has 0 amide bonds. The maximum absolute atomic E-state index is 7.50. The SMILES string of the molecule is N=C(N)c1ccccc1COCC1CCCC1. The second-order valence-corrected chi connectivity index (χ2v) is 4.74. The normalized spacial score (nSPS) is 16.2. The van der Waals surface area contributed by atoms with E-state index in [1.54, 1.807) is 0 Å². The van der Waals surface area contributed by atoms with Crippen LogP contribution in [0.25, 0.3) is 0 Å². The molecule has 1 fully saturated rings. The molecule has 1 aromatic rings. The summed E-state index contributed by atoms with van der Waals surface area (Å²) in [7, 11) is 0. The fourth-order valence-corrected chi connectivity index (χ4v) is 2.42. The van der Waals surface area contributed by atoms with Crippen molar-refractivity contribution in [2.45, 2.75) is 32.3 Å². The third-order valence-corrected chi connectivity index (χ3v) is 3.39. The smallest absolute Gasteiger partial charge is 0.123 e. The van der Waals surface area contributed by atoms with Crippen molar-refractivity contribution in [3.63, 3.8) is 0 Å². The Hall–Kier alpha value is -1.35. The van der Waals surface area contributed by atoms with Crippen LogP contribution in [0.4, 0.5) is 0 Å². The highest BCUT2D eigenvalue weighted by Crippen LogP contribution is 2.25. The molecule has 0 saturated heterocycles. The number of hydrogen-bond donors (Lipinski definition) is 2. The zero-order valence-electron chi connectivity index (χ0n) is 10.1. The summed E-state index contributed by atoms with van der Waals surface area (Å²) in [6.45, 7) is 1.40. The summed E-state index contributed by atoms with van der Waals surface area (Å²) in [6, 6.07) is 7.71. The summed E-state index contributed by atoms with van der Waals surface area (Å²) in [5.74, 6) is 0.851. The van der Waals surface area contributed by atoms with Gasteiger partial charge in [0, 0.05) is 12.2 Å². The molecule has 0 atom stereocenters. The van der Waals surface area contributed by atoms with Gasteiger partial charge in [0.2, 0.25) is 0 Å². The van der Waals surface area contributed by atoms with E-state index in [2.05, 4.69) is 0 Å². The number of rotatable bonds is 5. The van der Waals surface area contributed by atoms with Gasteiger partial charge in [0.05, 0.1) is 6.61 Å². The molecule has 1 aromatic carbocycles. The molecule has 1 aliphatic carbocycles. The maximum Gasteiger partial charge on any atom is 0.123 e. The number of ether oxygens (including phenoxy) is 1. The van der Waals surface area contributed by atoms with Gasteiger partial charge >= 0.3 is 0 Å². The topological polar surface area (TPSA) is 59.1 Å². The van der Waals surface area contributed by atoms with Gasteiger partial charge in [-0.15, -0.1) is 0 Å². The lowest BCUT2D eigenvalue weighted by Gasteiger charge is -2.12. The molecule has 17 heavy (non-hydrogen) atoms. The van der Waals surface area contributed by atoms with E-state index in [0.717, 1.165) is 23.7 Å². The van der Waals surface area contributed by atoms with Crippen LogP contribution in [0.3, 0.4) is 0 Å². The lowest BCUT2D eigenvalue weighted by molar-refractivity contribution is 0.0888. The van der Waals surface area contributed by atoms with Crippen molar-refractivity contribution >= 4 is 5.84 Å². The number of nitrogens with two attached hydrogens (primary N) is 1. The van der Waals surface area contributed by atoms with Crippen LogP contribution >= 0.6 is 0 Å². The molecular weight excluding hydrogens is 212 g/mol. The number of benzene rings is 1. The third-order valence-electron chi connectivity index (χ3n) is 3.39. The molecule has 1 aliphatic rings. The highest BCUT2D eigenvalue weighted by atomic mass is 16.5. The Labute approximate surface area is 102 Å². The van der Waals surface area contributed by atoms with Crippen LogP contribution in [0.5, 0.6) is 0 Å². The minimum atomic E-state index is 0.116. The first-order valence-corrected chi connectivity index (χ1v) is 6.27. The van der Waals surface area contributed by atoms with E-state index in [0.29, 0.717) is 6.61 Å². The minimum Gasteiger partial charge on any atom is -0.384 e. The van der Waals surface area contributed by atoms with Crippen molar-refractivity contribution < 1.29 is 4.74 Å². The van der Waals surface area contributed by atoms with Crippen LogP contribution in [0.15, 0.2) is 24.3 Å². The number of nitrogen functional groups attached to an aromatic ring is 1. The monoisotopic (exact) mass is 232 g/mol. The first-order chi connectivity index (χ1) is 8.27. The molecule has 3 nitrogen and oxygen atoms in total. The van der Waals surface area contributed by atoms with E-state index in [-0.39, 0.29) is 5.84 Å². The largest absolute Gasteiger partial charge is 0.384 e. The van der Waals surface area contributed by atoms with Crippen molar-refractivity contribution in [2.75, 3.05) is 6.61 Å². The van der Waals surface area contributed by atoms with Gasteiger partial charge in [0.1, 0.15) is 5.84 Å². The fraction of sp³-hybridized carbons (Fsp3) is 0.500. The second kappa shape index (κ2) is 5.82. The zero-order valence-corrected chi connectivity index (χ0v) is 10.1. The standard InChI is InChI=1S/C14H20N2O/c15-14(16)13-8-4-3-7-12(13)10-17-9-11-5-1-2-6-11/h3-4,7-8,11H,1-2,5-6,9-10H2,(H3,15,16). The minimum absolute atomic E-state index is 0.116. The quantitative estimate of drug-likeness (QED) is 0.605. The van der Waals surface area contributed by atoms with Crippen LogP contribution in [-0.2, 0) is 11.3 Å². The van der Waals surface area contributed by atoms with E-state index in [1.807, 2.05) is 24.3 Å². The molecule has 2 rings (SSSR count). The predicted molar refractivity (Wildman–Crippen MR) is 69.1 cm³/mol. The van der Waals surface area contributed by atoms with Crippen LogP contribution in [-0.4, -0.2) is 12.4 Å². The van der Waals surface area contributed by atoms with Gasteiger partial charge in [-0.25, -0.2) is 0 Å². The lowest BCUT2D eigenvalue weighted by Crippen LogP contribution is -2.15. The Balaban J connectivity index is 1.87. The second-order valence-electron chi connectivity index (χ2n) is 4.74. The molecule has 3 heteroatoms. The molecule has 1 saturated carbocycles. The van der Waals surface area contributed by atoms with Gasteiger partial charge in [0.15, 0.2) is 0 Å². The van der Waals surface area contributed by atoms with Crippen molar-refractivity contribution in [2.24, 2.45) is 11.7 Å². The average molecular weight is 232 g/mol. The molecule has 92 valence electrons. The summed E-state index contributed by atoms with van der Waals surface area (Å²) < 4.78 is 5.74.